The second kappa shape index (κ2) is 4.38. The lowest BCUT2D eigenvalue weighted by Gasteiger charge is -2.27. The first-order valence-electron chi connectivity index (χ1n) is 6.34. The summed E-state index contributed by atoms with van der Waals surface area (Å²) in [5.74, 6) is 0. The first kappa shape index (κ1) is 11.9. The largest absolute Gasteiger partial charge is 0.390 e. The van der Waals surface area contributed by atoms with Crippen LogP contribution in [0.2, 0.25) is 0 Å². The first-order valence-corrected chi connectivity index (χ1v) is 6.34. The van der Waals surface area contributed by atoms with Gasteiger partial charge in [-0.3, -0.25) is 0 Å². The summed E-state index contributed by atoms with van der Waals surface area (Å²) in [5.41, 5.74) is 1.36. The van der Waals surface area contributed by atoms with Crippen molar-refractivity contribution in [3.8, 4) is 0 Å². The Morgan fingerprint density at radius 3 is 2.56 bits per heavy atom. The molecule has 2 aliphatic rings. The molecular formula is C13H24N2O. The molecule has 3 nitrogen and oxygen atoms in total. The molecule has 1 unspecified atom stereocenters. The maximum absolute atomic E-state index is 9.12. The SMILES string of the molecule is C=C(CO)N1CCC2(CCN(C(C)C)C2)C1. The number of rotatable bonds is 3. The Labute approximate surface area is 98.7 Å². The van der Waals surface area contributed by atoms with E-state index in [9.17, 15) is 0 Å². The molecule has 2 rings (SSSR count). The molecule has 0 aromatic rings. The minimum atomic E-state index is 0.101. The van der Waals surface area contributed by atoms with Crippen LogP contribution in [0, 0.1) is 5.41 Å². The summed E-state index contributed by atoms with van der Waals surface area (Å²) in [7, 11) is 0. The number of likely N-dealkylation sites (tertiary alicyclic amines) is 2. The molecule has 2 fully saturated rings. The van der Waals surface area contributed by atoms with Gasteiger partial charge >= 0.3 is 0 Å². The van der Waals surface area contributed by atoms with Gasteiger partial charge in [-0.15, -0.1) is 0 Å². The zero-order valence-corrected chi connectivity index (χ0v) is 10.6. The fourth-order valence-corrected chi connectivity index (χ4v) is 3.05. The van der Waals surface area contributed by atoms with E-state index in [2.05, 4.69) is 30.2 Å². The first-order chi connectivity index (χ1) is 7.56. The topological polar surface area (TPSA) is 26.7 Å². The molecule has 0 radical (unpaired) electrons. The van der Waals surface area contributed by atoms with Crippen LogP contribution in [0.15, 0.2) is 12.3 Å². The second-order valence-corrected chi connectivity index (χ2v) is 5.71. The summed E-state index contributed by atoms with van der Waals surface area (Å²) in [6.07, 6.45) is 2.57. The lowest BCUT2D eigenvalue weighted by Crippen LogP contribution is -2.34. The quantitative estimate of drug-likeness (QED) is 0.783. The highest BCUT2D eigenvalue weighted by Crippen LogP contribution is 2.40. The molecule has 92 valence electrons. The van der Waals surface area contributed by atoms with Crippen molar-refractivity contribution in [2.75, 3.05) is 32.8 Å². The van der Waals surface area contributed by atoms with Crippen molar-refractivity contribution in [3.63, 3.8) is 0 Å². The van der Waals surface area contributed by atoms with Crippen molar-refractivity contribution < 1.29 is 5.11 Å². The van der Waals surface area contributed by atoms with Gasteiger partial charge in [0.2, 0.25) is 0 Å². The molecule has 0 aromatic carbocycles. The van der Waals surface area contributed by atoms with Gasteiger partial charge in [0.25, 0.3) is 0 Å². The summed E-state index contributed by atoms with van der Waals surface area (Å²) in [5, 5.41) is 9.12. The van der Waals surface area contributed by atoms with Crippen LogP contribution < -0.4 is 0 Å². The van der Waals surface area contributed by atoms with Crippen molar-refractivity contribution in [1.82, 2.24) is 9.80 Å². The summed E-state index contributed by atoms with van der Waals surface area (Å²) in [6.45, 7) is 13.2. The van der Waals surface area contributed by atoms with Gasteiger partial charge in [0.15, 0.2) is 0 Å². The number of hydrogen-bond acceptors (Lipinski definition) is 3. The standard InChI is InChI=1S/C13H24N2O/c1-11(2)14-6-4-13(9-14)5-7-15(10-13)12(3)8-16/h11,16H,3-10H2,1-2H3. The predicted octanol–water partition coefficient (Wildman–Crippen LogP) is 1.30. The lowest BCUT2D eigenvalue weighted by molar-refractivity contribution is 0.217. The van der Waals surface area contributed by atoms with E-state index in [0.29, 0.717) is 11.5 Å². The summed E-state index contributed by atoms with van der Waals surface area (Å²) >= 11 is 0. The highest BCUT2D eigenvalue weighted by Gasteiger charge is 2.43. The van der Waals surface area contributed by atoms with Crippen molar-refractivity contribution in [1.29, 1.82) is 0 Å². The molecule has 2 heterocycles. The molecule has 2 aliphatic heterocycles. The Morgan fingerprint density at radius 1 is 1.31 bits per heavy atom. The van der Waals surface area contributed by atoms with E-state index >= 15 is 0 Å². The van der Waals surface area contributed by atoms with E-state index in [1.54, 1.807) is 0 Å². The van der Waals surface area contributed by atoms with E-state index < -0.39 is 0 Å². The normalized spacial score (nSPS) is 30.9. The van der Waals surface area contributed by atoms with Gasteiger partial charge in [-0.05, 0) is 33.2 Å². The Kier molecular flexibility index (Phi) is 3.27. The minimum Gasteiger partial charge on any atom is -0.390 e. The zero-order valence-electron chi connectivity index (χ0n) is 10.6. The molecule has 0 aliphatic carbocycles. The zero-order chi connectivity index (χ0) is 11.8. The maximum Gasteiger partial charge on any atom is 0.0823 e. The molecule has 0 saturated carbocycles. The summed E-state index contributed by atoms with van der Waals surface area (Å²) in [4.78, 5) is 4.84. The monoisotopic (exact) mass is 224 g/mol. The average Bonchev–Trinajstić information content (AvgIpc) is 2.86. The van der Waals surface area contributed by atoms with Crippen LogP contribution in [0.4, 0.5) is 0 Å². The summed E-state index contributed by atoms with van der Waals surface area (Å²) < 4.78 is 0. The molecule has 16 heavy (non-hydrogen) atoms. The highest BCUT2D eigenvalue weighted by molar-refractivity contribution is 5.05. The maximum atomic E-state index is 9.12. The van der Waals surface area contributed by atoms with Crippen LogP contribution in [0.1, 0.15) is 26.7 Å². The van der Waals surface area contributed by atoms with E-state index in [0.717, 1.165) is 18.8 Å². The van der Waals surface area contributed by atoms with Gasteiger partial charge in [-0.2, -0.15) is 0 Å². The third kappa shape index (κ3) is 2.11. The number of hydrogen-bond donors (Lipinski definition) is 1. The van der Waals surface area contributed by atoms with E-state index in [1.165, 1.54) is 25.9 Å². The molecular weight excluding hydrogens is 200 g/mol. The number of aliphatic hydroxyl groups is 1. The number of nitrogens with zero attached hydrogens (tertiary/aromatic N) is 2. The molecule has 0 aromatic heterocycles. The van der Waals surface area contributed by atoms with E-state index in [4.69, 9.17) is 5.11 Å². The van der Waals surface area contributed by atoms with Crippen LogP contribution in [0.3, 0.4) is 0 Å². The Morgan fingerprint density at radius 2 is 2.00 bits per heavy atom. The average molecular weight is 224 g/mol. The molecule has 0 amide bonds. The van der Waals surface area contributed by atoms with Crippen LogP contribution in [-0.2, 0) is 0 Å². The molecule has 2 saturated heterocycles. The van der Waals surface area contributed by atoms with Crippen LogP contribution in [0.5, 0.6) is 0 Å². The molecule has 3 heteroatoms. The van der Waals surface area contributed by atoms with Crippen molar-refractivity contribution in [3.05, 3.63) is 12.3 Å². The Balaban J connectivity index is 1.95. The van der Waals surface area contributed by atoms with Gasteiger partial charge in [0, 0.05) is 36.8 Å². The van der Waals surface area contributed by atoms with Crippen molar-refractivity contribution >= 4 is 0 Å². The number of aliphatic hydroxyl groups excluding tert-OH is 1. The van der Waals surface area contributed by atoms with Crippen LogP contribution in [0.25, 0.3) is 0 Å². The van der Waals surface area contributed by atoms with Crippen LogP contribution in [-0.4, -0.2) is 53.7 Å². The summed E-state index contributed by atoms with van der Waals surface area (Å²) in [6, 6.07) is 0.662. The molecule has 0 bridgehead atoms. The highest BCUT2D eigenvalue weighted by atomic mass is 16.3. The van der Waals surface area contributed by atoms with Gasteiger partial charge < -0.3 is 14.9 Å². The van der Waals surface area contributed by atoms with Gasteiger partial charge in [0.1, 0.15) is 0 Å². The Hall–Kier alpha value is -0.540. The molecule has 1 N–H and O–H groups in total. The van der Waals surface area contributed by atoms with Crippen molar-refractivity contribution in [2.45, 2.75) is 32.7 Å². The smallest absolute Gasteiger partial charge is 0.0823 e. The molecule has 1 spiro atoms. The lowest BCUT2D eigenvalue weighted by atomic mass is 9.86. The van der Waals surface area contributed by atoms with Gasteiger partial charge in [0.05, 0.1) is 6.61 Å². The van der Waals surface area contributed by atoms with Gasteiger partial charge in [-0.25, -0.2) is 0 Å². The third-order valence-electron chi connectivity index (χ3n) is 4.27. The minimum absolute atomic E-state index is 0.101. The van der Waals surface area contributed by atoms with E-state index in [-0.39, 0.29) is 6.61 Å². The van der Waals surface area contributed by atoms with Crippen LogP contribution >= 0.6 is 0 Å². The van der Waals surface area contributed by atoms with Gasteiger partial charge in [-0.1, -0.05) is 6.58 Å². The molecule has 1 atom stereocenters. The third-order valence-corrected chi connectivity index (χ3v) is 4.27. The van der Waals surface area contributed by atoms with E-state index in [1.807, 2.05) is 0 Å². The fourth-order valence-electron chi connectivity index (χ4n) is 3.05. The van der Waals surface area contributed by atoms with Crippen molar-refractivity contribution in [2.24, 2.45) is 5.41 Å². The second-order valence-electron chi connectivity index (χ2n) is 5.71. The Bertz CT molecular complexity index is 277. The predicted molar refractivity (Wildman–Crippen MR) is 66.2 cm³/mol. The fraction of sp³-hybridized carbons (Fsp3) is 0.846.